The Kier molecular flexibility index (Phi) is 6.64. The summed E-state index contributed by atoms with van der Waals surface area (Å²) in [5, 5.41) is 4.75. The average molecular weight is 350 g/mol. The van der Waals surface area contributed by atoms with Gasteiger partial charge in [-0.2, -0.15) is 0 Å². The molecule has 1 aliphatic rings. The van der Waals surface area contributed by atoms with Crippen molar-refractivity contribution in [2.24, 2.45) is 0 Å². The quantitative estimate of drug-likeness (QED) is 0.688. The lowest BCUT2D eigenvalue weighted by atomic mass is 9.97. The molecule has 3 amide bonds. The minimum atomic E-state index is -0.478. The lowest BCUT2D eigenvalue weighted by Crippen LogP contribution is -3.16. The van der Waals surface area contributed by atoms with Crippen LogP contribution in [0.25, 0.3) is 0 Å². The highest BCUT2D eigenvalue weighted by Crippen LogP contribution is 2.32. The molecule has 1 aromatic rings. The van der Waals surface area contributed by atoms with Crippen molar-refractivity contribution in [3.63, 3.8) is 0 Å². The number of carbonyl (C=O) groups is 2. The first-order valence-corrected chi connectivity index (χ1v) is 8.78. The van der Waals surface area contributed by atoms with Gasteiger partial charge in [0.2, 0.25) is 0 Å². The van der Waals surface area contributed by atoms with E-state index < -0.39 is 6.03 Å². The van der Waals surface area contributed by atoms with Crippen LogP contribution < -0.4 is 25.0 Å². The Morgan fingerprint density at radius 3 is 2.32 bits per heavy atom. The third kappa shape index (κ3) is 4.63. The number of imide groups is 1. The van der Waals surface area contributed by atoms with Crippen molar-refractivity contribution in [3.05, 3.63) is 23.3 Å². The van der Waals surface area contributed by atoms with Crippen LogP contribution in [-0.2, 0) is 17.8 Å². The lowest BCUT2D eigenvalue weighted by Gasteiger charge is -2.30. The molecule has 138 valence electrons. The van der Waals surface area contributed by atoms with E-state index in [1.165, 1.54) is 12.6 Å². The van der Waals surface area contributed by atoms with Crippen molar-refractivity contribution in [1.29, 1.82) is 0 Å². The maximum atomic E-state index is 12.2. The molecule has 7 nitrogen and oxygen atoms in total. The van der Waals surface area contributed by atoms with Gasteiger partial charge >= 0.3 is 6.03 Å². The van der Waals surface area contributed by atoms with E-state index in [1.54, 1.807) is 0 Å². The molecule has 25 heavy (non-hydrogen) atoms. The van der Waals surface area contributed by atoms with Gasteiger partial charge in [0, 0.05) is 19.0 Å². The van der Waals surface area contributed by atoms with Crippen molar-refractivity contribution in [1.82, 2.24) is 10.6 Å². The molecule has 1 unspecified atom stereocenters. The summed E-state index contributed by atoms with van der Waals surface area (Å²) in [6.07, 6.45) is 0.856. The molecular weight excluding hydrogens is 322 g/mol. The van der Waals surface area contributed by atoms with Crippen LogP contribution in [0.3, 0.4) is 0 Å². The number of fused-ring (bicyclic) bond motifs is 1. The van der Waals surface area contributed by atoms with Crippen LogP contribution in [0.1, 0.15) is 31.9 Å². The number of nitrogens with one attached hydrogen (secondary N) is 3. The lowest BCUT2D eigenvalue weighted by molar-refractivity contribution is -0.929. The van der Waals surface area contributed by atoms with E-state index in [1.807, 2.05) is 26.8 Å². The van der Waals surface area contributed by atoms with Crippen LogP contribution in [-0.4, -0.2) is 44.8 Å². The Bertz CT molecular complexity index is 633. The summed E-state index contributed by atoms with van der Waals surface area (Å²) in [5.74, 6) is 1.25. The number of rotatable bonds is 6. The topological polar surface area (TPSA) is 81.1 Å². The summed E-state index contributed by atoms with van der Waals surface area (Å²) in [5.41, 5.74) is 2.39. The second-order valence-corrected chi connectivity index (χ2v) is 6.06. The monoisotopic (exact) mass is 350 g/mol. The van der Waals surface area contributed by atoms with Gasteiger partial charge in [-0.1, -0.05) is 0 Å². The van der Waals surface area contributed by atoms with Crippen molar-refractivity contribution >= 4 is 11.9 Å². The Morgan fingerprint density at radius 2 is 1.76 bits per heavy atom. The zero-order chi connectivity index (χ0) is 18.4. The van der Waals surface area contributed by atoms with E-state index in [0.29, 0.717) is 19.8 Å². The minimum Gasteiger partial charge on any atom is -0.490 e. The number of urea groups is 1. The zero-order valence-electron chi connectivity index (χ0n) is 15.4. The normalized spacial score (nSPS) is 17.2. The number of hydrogen-bond donors (Lipinski definition) is 3. The first-order valence-electron chi connectivity index (χ1n) is 8.78. The Labute approximate surface area is 148 Å². The third-order valence-corrected chi connectivity index (χ3v) is 4.47. The molecule has 7 heteroatoms. The predicted molar refractivity (Wildman–Crippen MR) is 94.1 cm³/mol. The highest BCUT2D eigenvalue weighted by atomic mass is 16.5. The standard InChI is InChI=1S/C18H27N3O4/c1-5-24-15-9-13-7-8-21(11-14(13)10-16(15)25-6-2)12(3)17(22)20-18(23)19-4/h9-10,12H,5-8,11H2,1-4H3,(H2,19,20,22,23)/p+1/t12-/m1/s1. The summed E-state index contributed by atoms with van der Waals surface area (Å²) in [7, 11) is 1.49. The number of benzene rings is 1. The molecule has 0 aliphatic carbocycles. The fourth-order valence-electron chi connectivity index (χ4n) is 3.04. The molecule has 0 radical (unpaired) electrons. The smallest absolute Gasteiger partial charge is 0.321 e. The van der Waals surface area contributed by atoms with Crippen LogP contribution >= 0.6 is 0 Å². The maximum Gasteiger partial charge on any atom is 0.321 e. The molecule has 2 rings (SSSR count). The van der Waals surface area contributed by atoms with Crippen molar-refractivity contribution in [2.45, 2.75) is 39.8 Å². The van der Waals surface area contributed by atoms with E-state index in [2.05, 4.69) is 16.7 Å². The zero-order valence-corrected chi connectivity index (χ0v) is 15.4. The second-order valence-electron chi connectivity index (χ2n) is 6.06. The maximum absolute atomic E-state index is 12.2. The number of ether oxygens (including phenoxy) is 2. The number of amides is 3. The van der Waals surface area contributed by atoms with Crippen LogP contribution in [0.5, 0.6) is 11.5 Å². The molecule has 1 aromatic carbocycles. The highest BCUT2D eigenvalue weighted by molar-refractivity contribution is 5.96. The SMILES string of the molecule is CCOc1cc2c(cc1OCC)C[NH+]([C@H](C)C(=O)NC(=O)NC)CC2. The first-order chi connectivity index (χ1) is 12.0. The summed E-state index contributed by atoms with van der Waals surface area (Å²) >= 11 is 0. The molecule has 1 aliphatic heterocycles. The molecule has 3 N–H and O–H groups in total. The number of hydrogen-bond acceptors (Lipinski definition) is 4. The van der Waals surface area contributed by atoms with Crippen LogP contribution in [0.15, 0.2) is 12.1 Å². The molecule has 2 atom stereocenters. The van der Waals surface area contributed by atoms with Gasteiger partial charge in [-0.3, -0.25) is 10.1 Å². The van der Waals surface area contributed by atoms with Crippen molar-refractivity contribution < 1.29 is 24.0 Å². The van der Waals surface area contributed by atoms with Crippen molar-refractivity contribution in [2.75, 3.05) is 26.8 Å². The highest BCUT2D eigenvalue weighted by Gasteiger charge is 2.30. The Morgan fingerprint density at radius 1 is 1.16 bits per heavy atom. The van der Waals surface area contributed by atoms with Crippen molar-refractivity contribution in [3.8, 4) is 11.5 Å². The Hall–Kier alpha value is -2.28. The molecule has 0 saturated heterocycles. The largest absolute Gasteiger partial charge is 0.490 e. The van der Waals surface area contributed by atoms with Gasteiger partial charge in [0.15, 0.2) is 17.5 Å². The molecule has 1 heterocycles. The third-order valence-electron chi connectivity index (χ3n) is 4.47. The van der Waals surface area contributed by atoms with E-state index in [9.17, 15) is 9.59 Å². The molecule has 0 spiro atoms. The molecule has 0 fully saturated rings. The summed E-state index contributed by atoms with van der Waals surface area (Å²) < 4.78 is 11.4. The van der Waals surface area contributed by atoms with Gasteiger partial charge in [-0.25, -0.2) is 4.79 Å². The second kappa shape index (κ2) is 8.71. The molecule has 0 aromatic heterocycles. The van der Waals surface area contributed by atoms with E-state index in [-0.39, 0.29) is 11.9 Å². The van der Waals surface area contributed by atoms with E-state index in [0.717, 1.165) is 34.9 Å². The van der Waals surface area contributed by atoms with E-state index in [4.69, 9.17) is 9.47 Å². The molecule has 0 bridgehead atoms. The fourth-order valence-corrected chi connectivity index (χ4v) is 3.04. The van der Waals surface area contributed by atoms with Gasteiger partial charge in [0.25, 0.3) is 5.91 Å². The van der Waals surface area contributed by atoms with Crippen LogP contribution in [0.2, 0.25) is 0 Å². The summed E-state index contributed by atoms with van der Waals surface area (Å²) in [6, 6.07) is 3.28. The number of quaternary nitrogens is 1. The number of carbonyl (C=O) groups excluding carboxylic acids is 2. The van der Waals surface area contributed by atoms with Gasteiger partial charge in [-0.15, -0.1) is 0 Å². The Balaban J connectivity index is 2.15. The average Bonchev–Trinajstić information content (AvgIpc) is 2.61. The predicted octanol–water partition coefficient (Wildman–Crippen LogP) is 0.269. The minimum absolute atomic E-state index is 0.270. The first kappa shape index (κ1) is 19.1. The van der Waals surface area contributed by atoms with Gasteiger partial charge < -0.3 is 19.7 Å². The van der Waals surface area contributed by atoms with Gasteiger partial charge in [-0.05, 0) is 38.5 Å². The van der Waals surface area contributed by atoms with Crippen LogP contribution in [0, 0.1) is 0 Å². The molecular formula is C18H28N3O4+. The van der Waals surface area contributed by atoms with Crippen LogP contribution in [0.4, 0.5) is 4.79 Å². The summed E-state index contributed by atoms with van der Waals surface area (Å²) in [4.78, 5) is 24.7. The molecule has 0 saturated carbocycles. The fraction of sp³-hybridized carbons (Fsp3) is 0.556. The van der Waals surface area contributed by atoms with Gasteiger partial charge in [0.1, 0.15) is 6.54 Å². The van der Waals surface area contributed by atoms with E-state index >= 15 is 0 Å². The van der Waals surface area contributed by atoms with Gasteiger partial charge in [0.05, 0.1) is 19.8 Å². The summed E-state index contributed by atoms with van der Waals surface area (Å²) in [6.45, 7) is 8.44.